The molecule has 2 N–H and O–H groups in total. The van der Waals surface area contributed by atoms with E-state index >= 15 is 26.3 Å². The molecule has 3 aromatic heterocycles. The number of halogens is 6. The van der Waals surface area contributed by atoms with Crippen LogP contribution in [-0.2, 0) is 5.92 Å². The van der Waals surface area contributed by atoms with E-state index in [9.17, 15) is 0 Å². The Morgan fingerprint density at radius 3 is 1.64 bits per heavy atom. The standard InChI is InChI=1S/C35H20F6N4/c36-33(37)23-18-28-30(20-9-5-2-6-10-20)25-14-12-22(43-25)17-21-11-13-24(42-21)29(19-7-3-1-4-8-19)26-15-16-27(44-26)31(32(23)45-28)34(38,39)35(33,40)41/h1-18,42-43H. The first kappa shape index (κ1) is 27.2. The maximum absolute atomic E-state index is 15.8. The number of aromatic nitrogens is 4. The van der Waals surface area contributed by atoms with Crippen LogP contribution in [0.5, 0.6) is 0 Å². The van der Waals surface area contributed by atoms with E-state index in [0.29, 0.717) is 38.8 Å². The molecular formula is C35H20F6N4. The van der Waals surface area contributed by atoms with Crippen LogP contribution >= 0.6 is 0 Å². The topological polar surface area (TPSA) is 57.4 Å². The third-order valence-electron chi connectivity index (χ3n) is 8.25. The molecule has 8 rings (SSSR count). The van der Waals surface area contributed by atoms with E-state index in [1.54, 1.807) is 72.8 Å². The van der Waals surface area contributed by atoms with Crippen molar-refractivity contribution in [2.45, 2.75) is 17.8 Å². The number of aromatic amines is 2. The second kappa shape index (κ2) is 9.31. The van der Waals surface area contributed by atoms with Gasteiger partial charge in [-0.3, -0.25) is 0 Å². The molecule has 0 spiro atoms. The monoisotopic (exact) mass is 610 g/mol. The highest BCUT2D eigenvalue weighted by Gasteiger charge is 2.78. The molecule has 2 aliphatic heterocycles. The number of allylic oxidation sites excluding steroid dienone is 1. The average molecular weight is 611 g/mol. The zero-order chi connectivity index (χ0) is 31.1. The predicted octanol–water partition coefficient (Wildman–Crippen LogP) is 9.74. The van der Waals surface area contributed by atoms with Crippen molar-refractivity contribution >= 4 is 45.9 Å². The summed E-state index contributed by atoms with van der Waals surface area (Å²) in [5.41, 5.74) is 0.224. The van der Waals surface area contributed by atoms with Gasteiger partial charge in [0.05, 0.1) is 33.9 Å². The van der Waals surface area contributed by atoms with Gasteiger partial charge in [-0.2, -0.15) is 26.3 Å². The Labute approximate surface area is 251 Å². The minimum atomic E-state index is -5.76. The number of alkyl halides is 6. The molecule has 5 heterocycles. The molecule has 10 heteroatoms. The number of nitrogens with zero attached hydrogens (tertiary/aromatic N) is 2. The number of hydrogen-bond donors (Lipinski definition) is 2. The van der Waals surface area contributed by atoms with Gasteiger partial charge >= 0.3 is 17.8 Å². The van der Waals surface area contributed by atoms with Crippen LogP contribution in [0.1, 0.15) is 28.3 Å². The number of fused-ring (bicyclic) bond motifs is 8. The van der Waals surface area contributed by atoms with Crippen molar-refractivity contribution in [3.63, 3.8) is 0 Å². The molecule has 0 unspecified atom stereocenters. The third-order valence-corrected chi connectivity index (χ3v) is 8.25. The average Bonchev–Trinajstić information content (AvgIpc) is 3.84. The molecule has 0 saturated heterocycles. The lowest BCUT2D eigenvalue weighted by molar-refractivity contribution is -0.299. The molecule has 1 aliphatic carbocycles. The molecule has 0 radical (unpaired) electrons. The fourth-order valence-corrected chi connectivity index (χ4v) is 6.11. The van der Waals surface area contributed by atoms with E-state index in [4.69, 9.17) is 0 Å². The summed E-state index contributed by atoms with van der Waals surface area (Å²) in [6.07, 6.45) is 3.34. The lowest BCUT2D eigenvalue weighted by Crippen LogP contribution is -2.56. The summed E-state index contributed by atoms with van der Waals surface area (Å²) >= 11 is 0. The van der Waals surface area contributed by atoms with Crippen LogP contribution in [0, 0.1) is 0 Å². The van der Waals surface area contributed by atoms with Gasteiger partial charge in [0.25, 0.3) is 0 Å². The Morgan fingerprint density at radius 2 is 1.07 bits per heavy atom. The first-order valence-electron chi connectivity index (χ1n) is 14.0. The molecule has 0 fully saturated rings. The number of nitrogens with one attached hydrogen (secondary N) is 2. The van der Waals surface area contributed by atoms with Crippen LogP contribution in [0.4, 0.5) is 26.3 Å². The third kappa shape index (κ3) is 3.87. The zero-order valence-electron chi connectivity index (χ0n) is 23.1. The van der Waals surface area contributed by atoms with Crippen LogP contribution in [0.15, 0.2) is 91.0 Å². The molecule has 8 bridgehead atoms. The summed E-state index contributed by atoms with van der Waals surface area (Å²) in [6.45, 7) is 0. The van der Waals surface area contributed by atoms with Gasteiger partial charge in [0.1, 0.15) is 0 Å². The fraction of sp³-hybridized carbons (Fsp3) is 0.0857. The molecule has 222 valence electrons. The van der Waals surface area contributed by atoms with E-state index in [1.807, 2.05) is 18.2 Å². The van der Waals surface area contributed by atoms with Gasteiger partial charge in [-0.1, -0.05) is 60.7 Å². The Hall–Kier alpha value is -5.38. The summed E-state index contributed by atoms with van der Waals surface area (Å²) in [7, 11) is 0. The highest BCUT2D eigenvalue weighted by Crippen LogP contribution is 2.62. The molecular weight excluding hydrogens is 590 g/mol. The lowest BCUT2D eigenvalue weighted by atomic mass is 9.82. The van der Waals surface area contributed by atoms with Gasteiger partial charge in [-0.05, 0) is 59.7 Å². The molecule has 3 aliphatic rings. The number of H-pyrrole nitrogens is 2. The Bertz CT molecular complexity index is 2250. The second-order valence-electron chi connectivity index (χ2n) is 11.0. The van der Waals surface area contributed by atoms with Gasteiger partial charge in [-0.25, -0.2) is 9.97 Å². The molecule has 4 nitrogen and oxygen atoms in total. The molecule has 0 amide bonds. The van der Waals surface area contributed by atoms with E-state index in [0.717, 1.165) is 12.2 Å². The van der Waals surface area contributed by atoms with Gasteiger partial charge in [0.15, 0.2) is 0 Å². The fourth-order valence-electron chi connectivity index (χ4n) is 6.11. The van der Waals surface area contributed by atoms with Crippen molar-refractivity contribution in [2.24, 2.45) is 0 Å². The van der Waals surface area contributed by atoms with Gasteiger partial charge in [-0.15, -0.1) is 0 Å². The Kier molecular flexibility index (Phi) is 5.63. The zero-order valence-corrected chi connectivity index (χ0v) is 23.1. The van der Waals surface area contributed by atoms with Crippen molar-refractivity contribution in [1.82, 2.24) is 19.9 Å². The maximum Gasteiger partial charge on any atom is 0.380 e. The normalized spacial score (nSPS) is 17.2. The van der Waals surface area contributed by atoms with E-state index in [-0.39, 0.29) is 17.0 Å². The smallest absolute Gasteiger partial charge is 0.355 e. The maximum atomic E-state index is 15.8. The summed E-state index contributed by atoms with van der Waals surface area (Å²) in [4.78, 5) is 15.2. The summed E-state index contributed by atoms with van der Waals surface area (Å²) < 4.78 is 93.1. The Morgan fingerprint density at radius 1 is 0.533 bits per heavy atom. The molecule has 2 aromatic carbocycles. The van der Waals surface area contributed by atoms with Gasteiger partial charge < -0.3 is 9.97 Å². The highest BCUT2D eigenvalue weighted by molar-refractivity contribution is 5.98. The van der Waals surface area contributed by atoms with Gasteiger partial charge in [0.2, 0.25) is 0 Å². The van der Waals surface area contributed by atoms with E-state index in [1.165, 1.54) is 6.08 Å². The minimum absolute atomic E-state index is 0.164. The predicted molar refractivity (Wildman–Crippen MR) is 162 cm³/mol. The first-order chi connectivity index (χ1) is 21.6. The molecule has 0 saturated carbocycles. The summed E-state index contributed by atoms with van der Waals surface area (Å²) in [6, 6.07) is 26.5. The van der Waals surface area contributed by atoms with Gasteiger partial charge in [0, 0.05) is 33.2 Å². The van der Waals surface area contributed by atoms with Crippen molar-refractivity contribution in [3.8, 4) is 22.3 Å². The van der Waals surface area contributed by atoms with E-state index < -0.39 is 40.3 Å². The van der Waals surface area contributed by atoms with Crippen molar-refractivity contribution in [3.05, 3.63) is 119 Å². The molecule has 0 atom stereocenters. The molecule has 5 aromatic rings. The Balaban J connectivity index is 1.60. The van der Waals surface area contributed by atoms with Crippen molar-refractivity contribution < 1.29 is 26.3 Å². The SMILES string of the molecule is FC1(F)C2=Cc3nc2c(c2nc(c(-c4ccccc4)c4ccc(cc5ccc([nH]5)c3-c3ccccc3)[nH]4)C=C2)C(F)(F)C1(F)F. The van der Waals surface area contributed by atoms with Crippen LogP contribution in [0.2, 0.25) is 0 Å². The number of hydrogen-bond acceptors (Lipinski definition) is 2. The van der Waals surface area contributed by atoms with Crippen molar-refractivity contribution in [1.29, 1.82) is 0 Å². The van der Waals surface area contributed by atoms with Crippen LogP contribution in [0.25, 0.3) is 68.1 Å². The minimum Gasteiger partial charge on any atom is -0.355 e. The summed E-state index contributed by atoms with van der Waals surface area (Å²) in [5.74, 6) is -16.3. The van der Waals surface area contributed by atoms with Crippen molar-refractivity contribution in [2.75, 3.05) is 0 Å². The number of rotatable bonds is 2. The quantitative estimate of drug-likeness (QED) is 0.192. The highest BCUT2D eigenvalue weighted by atomic mass is 19.3. The number of benzene rings is 2. The summed E-state index contributed by atoms with van der Waals surface area (Å²) in [5, 5.41) is 0. The van der Waals surface area contributed by atoms with Crippen LogP contribution in [0.3, 0.4) is 0 Å². The van der Waals surface area contributed by atoms with E-state index in [2.05, 4.69) is 19.9 Å². The first-order valence-corrected chi connectivity index (χ1v) is 14.0. The lowest BCUT2D eigenvalue weighted by Gasteiger charge is -2.38. The molecule has 45 heavy (non-hydrogen) atoms. The second-order valence-corrected chi connectivity index (χ2v) is 11.0. The largest absolute Gasteiger partial charge is 0.380 e. The van der Waals surface area contributed by atoms with Crippen LogP contribution in [-0.4, -0.2) is 31.8 Å². The van der Waals surface area contributed by atoms with Crippen LogP contribution < -0.4 is 0 Å².